The average Bonchev–Trinajstić information content (AvgIpc) is 3.19. The fraction of sp³-hybridized carbons (Fsp3) is 0.562. The molecule has 0 aliphatic heterocycles. The molecule has 6 heteroatoms. The van der Waals surface area contributed by atoms with Gasteiger partial charge in [-0.05, 0) is 48.6 Å². The molecule has 1 fully saturated rings. The molecule has 118 valence electrons. The van der Waals surface area contributed by atoms with Crippen molar-refractivity contribution in [3.8, 4) is 0 Å². The van der Waals surface area contributed by atoms with Gasteiger partial charge in [0.05, 0.1) is 12.2 Å². The van der Waals surface area contributed by atoms with Crippen LogP contribution in [0.2, 0.25) is 0 Å². The normalized spacial score (nSPS) is 17.3. The lowest BCUT2D eigenvalue weighted by Gasteiger charge is -2.20. The highest BCUT2D eigenvalue weighted by atomic mass is 32.1. The maximum atomic E-state index is 12.3. The minimum absolute atomic E-state index is 0.0851. The van der Waals surface area contributed by atoms with E-state index in [-0.39, 0.29) is 11.9 Å². The first kappa shape index (κ1) is 15.2. The van der Waals surface area contributed by atoms with Crippen molar-refractivity contribution in [1.29, 1.82) is 0 Å². The van der Waals surface area contributed by atoms with Gasteiger partial charge < -0.3 is 5.32 Å². The standard InChI is InChI=1S/C16H22N4OS/c1-12(9-13-7-8-22-11-13)17-16(21)15-10-20(19-18-15)14-5-3-2-4-6-14/h7-8,10-12,14H,2-6,9H2,1H3,(H,17,21)/t12-/m1/s1. The van der Waals surface area contributed by atoms with E-state index in [1.807, 2.05) is 11.6 Å². The number of hydrogen-bond donors (Lipinski definition) is 1. The molecule has 2 aromatic heterocycles. The molecule has 2 heterocycles. The van der Waals surface area contributed by atoms with Crippen LogP contribution in [0.25, 0.3) is 0 Å². The van der Waals surface area contributed by atoms with Gasteiger partial charge in [-0.3, -0.25) is 4.79 Å². The van der Waals surface area contributed by atoms with Gasteiger partial charge in [0.2, 0.25) is 0 Å². The number of nitrogens with one attached hydrogen (secondary N) is 1. The lowest BCUT2D eigenvalue weighted by molar-refractivity contribution is 0.0935. The van der Waals surface area contributed by atoms with Crippen LogP contribution in [0.15, 0.2) is 23.0 Å². The Kier molecular flexibility index (Phi) is 4.87. The number of amides is 1. The first-order valence-electron chi connectivity index (χ1n) is 7.96. The Balaban J connectivity index is 1.56. The van der Waals surface area contributed by atoms with Gasteiger partial charge in [0.15, 0.2) is 5.69 Å². The number of hydrogen-bond acceptors (Lipinski definition) is 4. The van der Waals surface area contributed by atoms with Crippen LogP contribution in [0.5, 0.6) is 0 Å². The van der Waals surface area contributed by atoms with Crippen LogP contribution in [0, 0.1) is 0 Å². The Hall–Kier alpha value is -1.69. The van der Waals surface area contributed by atoms with E-state index in [0.717, 1.165) is 19.3 Å². The Labute approximate surface area is 134 Å². The van der Waals surface area contributed by atoms with Crippen LogP contribution in [0.3, 0.4) is 0 Å². The molecule has 1 atom stereocenters. The molecule has 0 radical (unpaired) electrons. The summed E-state index contributed by atoms with van der Waals surface area (Å²) in [6.45, 7) is 2.02. The predicted molar refractivity (Wildman–Crippen MR) is 87.1 cm³/mol. The van der Waals surface area contributed by atoms with Crippen LogP contribution >= 0.6 is 11.3 Å². The summed E-state index contributed by atoms with van der Waals surface area (Å²) in [4.78, 5) is 12.3. The van der Waals surface area contributed by atoms with Crippen LogP contribution in [0.4, 0.5) is 0 Å². The SMILES string of the molecule is C[C@H](Cc1ccsc1)NC(=O)c1cn(C2CCCCC2)nn1. The fourth-order valence-electron chi connectivity index (χ4n) is 3.02. The van der Waals surface area contributed by atoms with Gasteiger partial charge in [-0.15, -0.1) is 5.10 Å². The van der Waals surface area contributed by atoms with Gasteiger partial charge in [-0.25, -0.2) is 4.68 Å². The highest BCUT2D eigenvalue weighted by Crippen LogP contribution is 2.27. The van der Waals surface area contributed by atoms with E-state index in [1.54, 1.807) is 17.5 Å². The van der Waals surface area contributed by atoms with Crippen LogP contribution in [0.1, 0.15) is 61.1 Å². The summed E-state index contributed by atoms with van der Waals surface area (Å²) in [5, 5.41) is 15.4. The smallest absolute Gasteiger partial charge is 0.273 e. The van der Waals surface area contributed by atoms with Gasteiger partial charge in [0, 0.05) is 6.04 Å². The Bertz CT molecular complexity index is 601. The number of nitrogens with zero attached hydrogens (tertiary/aromatic N) is 3. The van der Waals surface area contributed by atoms with Gasteiger partial charge >= 0.3 is 0 Å². The molecular formula is C16H22N4OS. The minimum atomic E-state index is -0.134. The maximum Gasteiger partial charge on any atom is 0.273 e. The topological polar surface area (TPSA) is 59.8 Å². The van der Waals surface area contributed by atoms with Crippen LogP contribution in [-0.2, 0) is 6.42 Å². The summed E-state index contributed by atoms with van der Waals surface area (Å²) in [6.07, 6.45) is 8.69. The summed E-state index contributed by atoms with van der Waals surface area (Å²) >= 11 is 1.68. The lowest BCUT2D eigenvalue weighted by atomic mass is 9.96. The highest BCUT2D eigenvalue weighted by Gasteiger charge is 2.19. The second-order valence-corrected chi connectivity index (χ2v) is 6.87. The number of aromatic nitrogens is 3. The third kappa shape index (κ3) is 3.74. The Morgan fingerprint density at radius 2 is 2.27 bits per heavy atom. The van der Waals surface area contributed by atoms with E-state index in [4.69, 9.17) is 0 Å². The number of thiophene rings is 1. The molecule has 5 nitrogen and oxygen atoms in total. The van der Waals surface area contributed by atoms with Crippen molar-refractivity contribution >= 4 is 17.2 Å². The van der Waals surface area contributed by atoms with Crippen molar-refractivity contribution in [3.63, 3.8) is 0 Å². The molecule has 0 bridgehead atoms. The van der Waals surface area contributed by atoms with Crippen LogP contribution < -0.4 is 5.32 Å². The van der Waals surface area contributed by atoms with E-state index >= 15 is 0 Å². The van der Waals surface area contributed by atoms with Crippen molar-refractivity contribution in [2.45, 2.75) is 57.5 Å². The van der Waals surface area contributed by atoms with Gasteiger partial charge in [-0.2, -0.15) is 11.3 Å². The van der Waals surface area contributed by atoms with E-state index in [9.17, 15) is 4.79 Å². The predicted octanol–water partition coefficient (Wildman–Crippen LogP) is 3.21. The fourth-order valence-corrected chi connectivity index (χ4v) is 3.70. The monoisotopic (exact) mass is 318 g/mol. The van der Waals surface area contributed by atoms with Gasteiger partial charge in [-0.1, -0.05) is 24.5 Å². The molecular weight excluding hydrogens is 296 g/mol. The zero-order chi connectivity index (χ0) is 15.4. The van der Waals surface area contributed by atoms with Crippen molar-refractivity contribution in [2.24, 2.45) is 0 Å². The van der Waals surface area contributed by atoms with Crippen molar-refractivity contribution in [2.75, 3.05) is 0 Å². The zero-order valence-corrected chi connectivity index (χ0v) is 13.7. The summed E-state index contributed by atoms with van der Waals surface area (Å²) < 4.78 is 1.87. The molecule has 2 aromatic rings. The number of rotatable bonds is 5. The number of carbonyl (C=O) groups excluding carboxylic acids is 1. The lowest BCUT2D eigenvalue weighted by Crippen LogP contribution is -2.34. The zero-order valence-electron chi connectivity index (χ0n) is 12.9. The maximum absolute atomic E-state index is 12.3. The minimum Gasteiger partial charge on any atom is -0.348 e. The molecule has 1 aliphatic rings. The largest absolute Gasteiger partial charge is 0.348 e. The summed E-state index contributed by atoms with van der Waals surface area (Å²) in [7, 11) is 0. The molecule has 0 spiro atoms. The quantitative estimate of drug-likeness (QED) is 0.921. The molecule has 1 amide bonds. The summed E-state index contributed by atoms with van der Waals surface area (Å²) in [5.41, 5.74) is 1.67. The Morgan fingerprint density at radius 3 is 3.00 bits per heavy atom. The van der Waals surface area contributed by atoms with Crippen LogP contribution in [-0.4, -0.2) is 26.9 Å². The molecule has 3 rings (SSSR count). The first-order chi connectivity index (χ1) is 10.7. The molecule has 0 unspecified atom stereocenters. The molecule has 1 aliphatic carbocycles. The second-order valence-electron chi connectivity index (χ2n) is 6.09. The molecule has 0 aromatic carbocycles. The van der Waals surface area contributed by atoms with E-state index in [0.29, 0.717) is 11.7 Å². The number of carbonyl (C=O) groups is 1. The summed E-state index contributed by atoms with van der Waals surface area (Å²) in [5.74, 6) is -0.134. The average molecular weight is 318 g/mol. The van der Waals surface area contributed by atoms with Gasteiger partial charge in [0.1, 0.15) is 0 Å². The van der Waals surface area contributed by atoms with E-state index in [1.165, 1.54) is 24.8 Å². The third-order valence-corrected chi connectivity index (χ3v) is 4.92. The summed E-state index contributed by atoms with van der Waals surface area (Å²) in [6, 6.07) is 2.58. The third-order valence-electron chi connectivity index (χ3n) is 4.19. The first-order valence-corrected chi connectivity index (χ1v) is 8.90. The van der Waals surface area contributed by atoms with E-state index < -0.39 is 0 Å². The van der Waals surface area contributed by atoms with Crippen molar-refractivity contribution in [3.05, 3.63) is 34.3 Å². The van der Waals surface area contributed by atoms with Crippen molar-refractivity contribution in [1.82, 2.24) is 20.3 Å². The molecule has 1 saturated carbocycles. The highest BCUT2D eigenvalue weighted by molar-refractivity contribution is 7.07. The second kappa shape index (κ2) is 7.05. The van der Waals surface area contributed by atoms with E-state index in [2.05, 4.69) is 32.5 Å². The molecule has 22 heavy (non-hydrogen) atoms. The molecule has 1 N–H and O–H groups in total. The molecule has 0 saturated heterocycles. The van der Waals surface area contributed by atoms with Crippen molar-refractivity contribution < 1.29 is 4.79 Å². The Morgan fingerprint density at radius 1 is 1.45 bits per heavy atom. The van der Waals surface area contributed by atoms with Gasteiger partial charge in [0.25, 0.3) is 5.91 Å².